The Morgan fingerprint density at radius 3 is 2.25 bits per heavy atom. The highest BCUT2D eigenvalue weighted by molar-refractivity contribution is 7.89. The van der Waals surface area contributed by atoms with Crippen molar-refractivity contribution in [1.29, 1.82) is 0 Å². The average Bonchev–Trinajstić information content (AvgIpc) is 2.04. The second kappa shape index (κ2) is 3.83. The lowest BCUT2D eigenvalue weighted by molar-refractivity contribution is -0.274. The van der Waals surface area contributed by atoms with Crippen molar-refractivity contribution in [3.05, 3.63) is 18.2 Å². The molecule has 0 unspecified atom stereocenters. The van der Waals surface area contributed by atoms with Gasteiger partial charge in [0, 0.05) is 6.07 Å². The molecule has 0 amide bonds. The van der Waals surface area contributed by atoms with Crippen LogP contribution in [0.2, 0.25) is 0 Å². The molecule has 0 aromatic heterocycles. The maximum absolute atomic E-state index is 11.9. The molecule has 90 valence electrons. The minimum atomic E-state index is -4.95. The third-order valence-corrected chi connectivity index (χ3v) is 2.45. The molecular formula is C7H7F3N2O3S. The molecule has 16 heavy (non-hydrogen) atoms. The third kappa shape index (κ3) is 3.28. The standard InChI is InChI=1S/C7H7F3N2O3S/c8-7(9,10)15-6-3-4(16(12,13)14)1-2-5(6)11/h1-3H,11H2,(H2,12,13,14). The number of ether oxygens (including phenoxy) is 1. The molecule has 0 bridgehead atoms. The van der Waals surface area contributed by atoms with Gasteiger partial charge < -0.3 is 10.5 Å². The van der Waals surface area contributed by atoms with Gasteiger partial charge >= 0.3 is 6.36 Å². The number of primary sulfonamides is 1. The summed E-state index contributed by atoms with van der Waals surface area (Å²) in [6.07, 6.45) is -4.95. The van der Waals surface area contributed by atoms with E-state index in [1.807, 2.05) is 0 Å². The fraction of sp³-hybridized carbons (Fsp3) is 0.143. The number of nitrogen functional groups attached to an aromatic ring is 1. The minimum Gasteiger partial charge on any atom is -0.404 e. The van der Waals surface area contributed by atoms with Gasteiger partial charge in [0.15, 0.2) is 5.75 Å². The van der Waals surface area contributed by atoms with Gasteiger partial charge in [-0.05, 0) is 12.1 Å². The molecule has 0 aliphatic rings. The quantitative estimate of drug-likeness (QED) is 0.765. The molecule has 1 rings (SSSR count). The Hall–Kier alpha value is -1.48. The van der Waals surface area contributed by atoms with E-state index in [0.717, 1.165) is 12.1 Å². The number of sulfonamides is 1. The number of alkyl halides is 3. The molecule has 0 heterocycles. The zero-order valence-electron chi connectivity index (χ0n) is 7.65. The Bertz CT molecular complexity index is 498. The predicted octanol–water partition coefficient (Wildman–Crippen LogP) is 0.815. The van der Waals surface area contributed by atoms with Gasteiger partial charge in [-0.15, -0.1) is 13.2 Å². The summed E-state index contributed by atoms with van der Waals surface area (Å²) in [5.41, 5.74) is 4.84. The van der Waals surface area contributed by atoms with Gasteiger partial charge in [-0.1, -0.05) is 0 Å². The lowest BCUT2D eigenvalue weighted by atomic mass is 10.3. The summed E-state index contributed by atoms with van der Waals surface area (Å²) in [5, 5.41) is 4.73. The first kappa shape index (κ1) is 12.6. The van der Waals surface area contributed by atoms with Crippen molar-refractivity contribution >= 4 is 15.7 Å². The Kier molecular flexibility index (Phi) is 3.01. The summed E-state index contributed by atoms with van der Waals surface area (Å²) < 4.78 is 60.9. The molecule has 0 saturated carbocycles. The summed E-state index contributed by atoms with van der Waals surface area (Å²) in [7, 11) is -4.10. The van der Waals surface area contributed by atoms with Crippen molar-refractivity contribution in [2.45, 2.75) is 11.3 Å². The van der Waals surface area contributed by atoms with E-state index in [1.165, 1.54) is 0 Å². The molecule has 4 N–H and O–H groups in total. The molecule has 0 aliphatic heterocycles. The lowest BCUT2D eigenvalue weighted by Crippen LogP contribution is -2.19. The number of hydrogen-bond donors (Lipinski definition) is 2. The van der Waals surface area contributed by atoms with Crippen molar-refractivity contribution in [1.82, 2.24) is 0 Å². The van der Waals surface area contributed by atoms with Gasteiger partial charge in [0.05, 0.1) is 10.6 Å². The monoisotopic (exact) mass is 256 g/mol. The summed E-state index contributed by atoms with van der Waals surface area (Å²) in [5.74, 6) is -0.806. The van der Waals surface area contributed by atoms with Crippen molar-refractivity contribution < 1.29 is 26.3 Å². The molecule has 0 atom stereocenters. The van der Waals surface area contributed by atoms with E-state index in [4.69, 9.17) is 10.9 Å². The Balaban J connectivity index is 3.20. The topological polar surface area (TPSA) is 95.4 Å². The zero-order chi connectivity index (χ0) is 12.6. The number of nitrogens with two attached hydrogens (primary N) is 2. The lowest BCUT2D eigenvalue weighted by Gasteiger charge is -2.11. The molecule has 0 radical (unpaired) electrons. The van der Waals surface area contributed by atoms with Crippen LogP contribution in [0.3, 0.4) is 0 Å². The normalized spacial score (nSPS) is 12.5. The van der Waals surface area contributed by atoms with E-state index in [1.54, 1.807) is 0 Å². The first-order valence-electron chi connectivity index (χ1n) is 3.78. The summed E-state index contributed by atoms with van der Waals surface area (Å²) >= 11 is 0. The second-order valence-corrected chi connectivity index (χ2v) is 4.35. The highest BCUT2D eigenvalue weighted by Crippen LogP contribution is 2.30. The molecule has 0 fully saturated rings. The van der Waals surface area contributed by atoms with Crippen LogP contribution < -0.4 is 15.6 Å². The van der Waals surface area contributed by atoms with Gasteiger partial charge in [0.2, 0.25) is 10.0 Å². The maximum Gasteiger partial charge on any atom is 0.573 e. The summed E-state index contributed by atoms with van der Waals surface area (Å²) in [6, 6.07) is 2.55. The predicted molar refractivity (Wildman–Crippen MR) is 48.9 cm³/mol. The number of anilines is 1. The van der Waals surface area contributed by atoms with E-state index in [9.17, 15) is 21.6 Å². The fourth-order valence-corrected chi connectivity index (χ4v) is 1.43. The number of rotatable bonds is 2. The SMILES string of the molecule is Nc1ccc(S(N)(=O)=O)cc1OC(F)(F)F. The Morgan fingerprint density at radius 1 is 1.25 bits per heavy atom. The first-order chi connectivity index (χ1) is 7.09. The molecule has 0 aliphatic carbocycles. The van der Waals surface area contributed by atoms with Gasteiger partial charge in [0.25, 0.3) is 0 Å². The summed E-state index contributed by atoms with van der Waals surface area (Å²) in [6.45, 7) is 0. The van der Waals surface area contributed by atoms with Crippen LogP contribution in [0, 0.1) is 0 Å². The second-order valence-electron chi connectivity index (χ2n) is 2.79. The van der Waals surface area contributed by atoms with Crippen LogP contribution in [0.5, 0.6) is 5.75 Å². The van der Waals surface area contributed by atoms with E-state index in [-0.39, 0.29) is 5.69 Å². The molecular weight excluding hydrogens is 249 g/mol. The Labute approximate surface area is 88.8 Å². The van der Waals surface area contributed by atoms with E-state index in [2.05, 4.69) is 4.74 Å². The Morgan fingerprint density at radius 2 is 1.81 bits per heavy atom. The van der Waals surface area contributed by atoms with Crippen molar-refractivity contribution in [2.75, 3.05) is 5.73 Å². The van der Waals surface area contributed by atoms with Gasteiger partial charge in [0.1, 0.15) is 0 Å². The van der Waals surface area contributed by atoms with Crippen molar-refractivity contribution in [3.63, 3.8) is 0 Å². The maximum atomic E-state index is 11.9. The number of hydrogen-bond acceptors (Lipinski definition) is 4. The van der Waals surface area contributed by atoms with Gasteiger partial charge in [-0.2, -0.15) is 0 Å². The minimum absolute atomic E-state index is 0.343. The third-order valence-electron chi connectivity index (χ3n) is 1.54. The molecule has 0 saturated heterocycles. The van der Waals surface area contributed by atoms with E-state index >= 15 is 0 Å². The van der Waals surface area contributed by atoms with E-state index < -0.39 is 27.0 Å². The van der Waals surface area contributed by atoms with Crippen LogP contribution in [0.25, 0.3) is 0 Å². The smallest absolute Gasteiger partial charge is 0.404 e. The number of benzene rings is 1. The van der Waals surface area contributed by atoms with Crippen LogP contribution in [0.4, 0.5) is 18.9 Å². The molecule has 1 aromatic rings. The van der Waals surface area contributed by atoms with Crippen LogP contribution in [-0.4, -0.2) is 14.8 Å². The van der Waals surface area contributed by atoms with Crippen LogP contribution >= 0.6 is 0 Å². The van der Waals surface area contributed by atoms with Crippen molar-refractivity contribution in [2.24, 2.45) is 5.14 Å². The number of halogens is 3. The van der Waals surface area contributed by atoms with Crippen LogP contribution in [0.15, 0.2) is 23.1 Å². The van der Waals surface area contributed by atoms with Crippen molar-refractivity contribution in [3.8, 4) is 5.75 Å². The fourth-order valence-electron chi connectivity index (χ4n) is 0.905. The highest BCUT2D eigenvalue weighted by Gasteiger charge is 2.32. The van der Waals surface area contributed by atoms with Gasteiger partial charge in [-0.25, -0.2) is 13.6 Å². The van der Waals surface area contributed by atoms with Crippen LogP contribution in [0.1, 0.15) is 0 Å². The molecule has 0 spiro atoms. The first-order valence-corrected chi connectivity index (χ1v) is 5.32. The molecule has 1 aromatic carbocycles. The average molecular weight is 256 g/mol. The van der Waals surface area contributed by atoms with Crippen LogP contribution in [-0.2, 0) is 10.0 Å². The molecule has 5 nitrogen and oxygen atoms in total. The highest BCUT2D eigenvalue weighted by atomic mass is 32.2. The zero-order valence-corrected chi connectivity index (χ0v) is 8.47. The largest absolute Gasteiger partial charge is 0.573 e. The van der Waals surface area contributed by atoms with E-state index in [0.29, 0.717) is 6.07 Å². The molecule has 9 heteroatoms. The summed E-state index contributed by atoms with van der Waals surface area (Å²) in [4.78, 5) is -0.513. The van der Waals surface area contributed by atoms with Gasteiger partial charge in [-0.3, -0.25) is 0 Å².